The van der Waals surface area contributed by atoms with Crippen molar-refractivity contribution in [1.82, 2.24) is 10.3 Å². The second-order valence-electron chi connectivity index (χ2n) is 7.21. The van der Waals surface area contributed by atoms with Crippen LogP contribution in [0.1, 0.15) is 54.2 Å². The van der Waals surface area contributed by atoms with Gasteiger partial charge in [-0.05, 0) is 30.9 Å². The number of pyridine rings is 1. The van der Waals surface area contributed by atoms with Crippen molar-refractivity contribution in [3.8, 4) is 11.5 Å². The minimum atomic E-state index is -0.872. The predicted molar refractivity (Wildman–Crippen MR) is 107 cm³/mol. The van der Waals surface area contributed by atoms with Crippen LogP contribution in [0.2, 0.25) is 0 Å². The zero-order chi connectivity index (χ0) is 21.0. The molecule has 1 aliphatic carbocycles. The number of nitrogens with one attached hydrogen (secondary N) is 1. The number of ether oxygens (including phenoxy) is 2. The molecule has 0 aliphatic heterocycles. The Morgan fingerprint density at radius 1 is 1.28 bits per heavy atom. The lowest BCUT2D eigenvalue weighted by atomic mass is 10.1. The minimum absolute atomic E-state index is 0.131. The van der Waals surface area contributed by atoms with Crippen LogP contribution in [-0.4, -0.2) is 41.2 Å². The molecular formula is C22H26N2O5. The maximum atomic E-state index is 12.3. The number of aryl methyl sites for hydroxylation is 1. The summed E-state index contributed by atoms with van der Waals surface area (Å²) in [6.07, 6.45) is 4.10. The van der Waals surface area contributed by atoms with Crippen LogP contribution in [0.15, 0.2) is 36.5 Å². The first-order valence-electron chi connectivity index (χ1n) is 9.76. The molecule has 1 saturated carbocycles. The van der Waals surface area contributed by atoms with Crippen LogP contribution >= 0.6 is 0 Å². The molecule has 0 radical (unpaired) electrons. The molecule has 2 N–H and O–H groups in total. The number of rotatable bonds is 8. The molecule has 2 unspecified atom stereocenters. The summed E-state index contributed by atoms with van der Waals surface area (Å²) in [5.74, 6) is -1.24. The Bertz CT molecular complexity index is 881. The third kappa shape index (κ3) is 4.85. The van der Waals surface area contributed by atoms with Crippen LogP contribution in [0.5, 0.6) is 11.5 Å². The summed E-state index contributed by atoms with van der Waals surface area (Å²) in [5.41, 5.74) is 2.25. The number of carbonyl (C=O) groups excluding carboxylic acids is 2. The molecule has 3 atom stereocenters. The molecule has 7 nitrogen and oxygen atoms in total. The van der Waals surface area contributed by atoms with E-state index in [4.69, 9.17) is 9.47 Å². The van der Waals surface area contributed by atoms with Crippen LogP contribution in [0.3, 0.4) is 0 Å². The molecule has 154 valence electrons. The van der Waals surface area contributed by atoms with Crippen molar-refractivity contribution in [2.75, 3.05) is 7.11 Å². The van der Waals surface area contributed by atoms with Gasteiger partial charge < -0.3 is 19.9 Å². The van der Waals surface area contributed by atoms with Crippen LogP contribution in [0.4, 0.5) is 0 Å². The zero-order valence-corrected chi connectivity index (χ0v) is 16.8. The fourth-order valence-corrected chi connectivity index (χ4v) is 3.22. The van der Waals surface area contributed by atoms with Gasteiger partial charge in [0.1, 0.15) is 12.1 Å². The van der Waals surface area contributed by atoms with Crippen LogP contribution < -0.4 is 10.1 Å². The van der Waals surface area contributed by atoms with E-state index in [1.54, 1.807) is 0 Å². The van der Waals surface area contributed by atoms with E-state index in [1.807, 2.05) is 0 Å². The van der Waals surface area contributed by atoms with E-state index >= 15 is 0 Å². The molecule has 7 heteroatoms. The number of hydrogen-bond acceptors (Lipinski definition) is 6. The number of aromatic nitrogens is 1. The van der Waals surface area contributed by atoms with Crippen molar-refractivity contribution < 1.29 is 24.2 Å². The third-order valence-electron chi connectivity index (χ3n) is 4.97. The summed E-state index contributed by atoms with van der Waals surface area (Å²) in [4.78, 5) is 28.5. The first-order valence-corrected chi connectivity index (χ1v) is 9.76. The number of nitrogens with zero attached hydrogens (tertiary/aromatic N) is 1. The second kappa shape index (κ2) is 8.94. The number of aromatic hydroxyl groups is 1. The number of methoxy groups -OCH3 is 1. The van der Waals surface area contributed by atoms with Crippen molar-refractivity contribution in [3.05, 3.63) is 53.3 Å². The molecule has 0 saturated heterocycles. The molecule has 0 spiro atoms. The number of hydrogen-bond donors (Lipinski definition) is 2. The summed E-state index contributed by atoms with van der Waals surface area (Å²) >= 11 is 0. The Hall–Kier alpha value is -3.09. The second-order valence-corrected chi connectivity index (χ2v) is 7.21. The van der Waals surface area contributed by atoms with Gasteiger partial charge in [-0.1, -0.05) is 37.6 Å². The Morgan fingerprint density at radius 2 is 2.00 bits per heavy atom. The molecule has 1 aromatic heterocycles. The first-order chi connectivity index (χ1) is 13.9. The highest BCUT2D eigenvalue weighted by Crippen LogP contribution is 2.43. The molecule has 0 bridgehead atoms. The Kier molecular flexibility index (Phi) is 6.36. The number of carbonyl (C=O) groups is 2. The van der Waals surface area contributed by atoms with Crippen LogP contribution in [0, 0.1) is 0 Å². The molecule has 2 aromatic rings. The standard InChI is InChI=1S/C22H26N2O5/c1-4-5-14-6-8-15(9-7-14)16-12-18(16)29-22(27)13(2)24-21(26)19-20(25)17(28-3)10-11-23-19/h6-11,13,16,18,25H,4-5,12H2,1-3H3,(H,24,26)/t13-,16?,18?/m0/s1. The van der Waals surface area contributed by atoms with Crippen molar-refractivity contribution in [2.24, 2.45) is 0 Å². The van der Waals surface area contributed by atoms with Gasteiger partial charge >= 0.3 is 5.97 Å². The van der Waals surface area contributed by atoms with Gasteiger partial charge in [0.15, 0.2) is 17.2 Å². The topological polar surface area (TPSA) is 97.8 Å². The number of esters is 1. The van der Waals surface area contributed by atoms with Gasteiger partial charge in [-0.2, -0.15) is 0 Å². The van der Waals surface area contributed by atoms with Crippen LogP contribution in [0.25, 0.3) is 0 Å². The molecule has 1 fully saturated rings. The van der Waals surface area contributed by atoms with Crippen molar-refractivity contribution >= 4 is 11.9 Å². The van der Waals surface area contributed by atoms with E-state index in [0.717, 1.165) is 24.8 Å². The molecular weight excluding hydrogens is 372 g/mol. The Morgan fingerprint density at radius 3 is 2.66 bits per heavy atom. The number of benzene rings is 1. The van der Waals surface area contributed by atoms with Crippen LogP contribution in [-0.2, 0) is 16.0 Å². The Labute approximate surface area is 170 Å². The van der Waals surface area contributed by atoms with E-state index in [9.17, 15) is 14.7 Å². The van der Waals surface area contributed by atoms with E-state index in [0.29, 0.717) is 0 Å². The van der Waals surface area contributed by atoms with Gasteiger partial charge in [0.2, 0.25) is 0 Å². The monoisotopic (exact) mass is 398 g/mol. The van der Waals surface area contributed by atoms with Gasteiger partial charge in [-0.25, -0.2) is 9.78 Å². The van der Waals surface area contributed by atoms with Gasteiger partial charge in [-0.15, -0.1) is 0 Å². The first kappa shape index (κ1) is 20.6. The smallest absolute Gasteiger partial charge is 0.328 e. The molecule has 29 heavy (non-hydrogen) atoms. The van der Waals surface area contributed by atoms with Gasteiger partial charge in [0, 0.05) is 18.2 Å². The zero-order valence-electron chi connectivity index (χ0n) is 16.8. The fourth-order valence-electron chi connectivity index (χ4n) is 3.22. The quantitative estimate of drug-likeness (QED) is 0.664. The van der Waals surface area contributed by atoms with Crippen molar-refractivity contribution in [1.29, 1.82) is 0 Å². The lowest BCUT2D eigenvalue weighted by Crippen LogP contribution is -2.40. The lowest BCUT2D eigenvalue weighted by molar-refractivity contribution is -0.146. The van der Waals surface area contributed by atoms with Gasteiger partial charge in [-0.3, -0.25) is 4.79 Å². The number of amides is 1. The average Bonchev–Trinajstić information content (AvgIpc) is 3.47. The van der Waals surface area contributed by atoms with Gasteiger partial charge in [0.25, 0.3) is 5.91 Å². The predicted octanol–water partition coefficient (Wildman–Crippen LogP) is 2.97. The van der Waals surface area contributed by atoms with E-state index < -0.39 is 17.9 Å². The van der Waals surface area contributed by atoms with Crippen molar-refractivity contribution in [3.63, 3.8) is 0 Å². The third-order valence-corrected chi connectivity index (χ3v) is 4.97. The molecule has 1 amide bonds. The Balaban J connectivity index is 1.53. The summed E-state index contributed by atoms with van der Waals surface area (Å²) < 4.78 is 10.5. The van der Waals surface area contributed by atoms with Crippen molar-refractivity contribution in [2.45, 2.75) is 51.2 Å². The molecule has 1 aliphatic rings. The summed E-state index contributed by atoms with van der Waals surface area (Å²) in [5, 5.41) is 12.5. The summed E-state index contributed by atoms with van der Waals surface area (Å²) in [7, 11) is 1.38. The highest BCUT2D eigenvalue weighted by atomic mass is 16.6. The molecule has 1 aromatic carbocycles. The van der Waals surface area contributed by atoms with Gasteiger partial charge in [0.05, 0.1) is 7.11 Å². The molecule has 1 heterocycles. The fraction of sp³-hybridized carbons (Fsp3) is 0.409. The minimum Gasteiger partial charge on any atom is -0.503 e. The largest absolute Gasteiger partial charge is 0.503 e. The highest BCUT2D eigenvalue weighted by Gasteiger charge is 2.42. The lowest BCUT2D eigenvalue weighted by Gasteiger charge is -2.14. The maximum Gasteiger partial charge on any atom is 0.328 e. The SMILES string of the molecule is CCCc1ccc(C2CC2OC(=O)[C@H](C)NC(=O)c2nccc(OC)c2O)cc1. The summed E-state index contributed by atoms with van der Waals surface area (Å²) in [6, 6.07) is 8.98. The average molecular weight is 398 g/mol. The maximum absolute atomic E-state index is 12.3. The summed E-state index contributed by atoms with van der Waals surface area (Å²) in [6.45, 7) is 3.68. The van der Waals surface area contributed by atoms with E-state index in [2.05, 4.69) is 41.5 Å². The van der Waals surface area contributed by atoms with E-state index in [-0.39, 0.29) is 29.2 Å². The normalized spacial score (nSPS) is 18.6. The van der Waals surface area contributed by atoms with E-state index in [1.165, 1.54) is 31.9 Å². The molecule has 3 rings (SSSR count). The highest BCUT2D eigenvalue weighted by molar-refractivity contribution is 5.97.